The van der Waals surface area contributed by atoms with Gasteiger partial charge >= 0.3 is 0 Å². The summed E-state index contributed by atoms with van der Waals surface area (Å²) in [5, 5.41) is 0. The molecule has 1 unspecified atom stereocenters. The summed E-state index contributed by atoms with van der Waals surface area (Å²) in [6.45, 7) is 1.70. The second kappa shape index (κ2) is 5.35. The molecular formula is C13H14N2O3. The Labute approximate surface area is 105 Å². The van der Waals surface area contributed by atoms with Gasteiger partial charge in [-0.25, -0.2) is 4.98 Å². The maximum absolute atomic E-state index is 11.9. The van der Waals surface area contributed by atoms with Crippen LogP contribution in [0.2, 0.25) is 0 Å². The van der Waals surface area contributed by atoms with Gasteiger partial charge in [-0.15, -0.1) is 0 Å². The zero-order valence-electron chi connectivity index (χ0n) is 10.2. The Kier molecular flexibility index (Phi) is 3.62. The SMILES string of the molecule is COc1ccc(OC(C)C(=O)n2ccnc2)cc1. The topological polar surface area (TPSA) is 53.4 Å². The summed E-state index contributed by atoms with van der Waals surface area (Å²) in [6, 6.07) is 7.08. The van der Waals surface area contributed by atoms with E-state index >= 15 is 0 Å². The van der Waals surface area contributed by atoms with E-state index in [0.29, 0.717) is 5.75 Å². The van der Waals surface area contributed by atoms with Gasteiger partial charge in [-0.2, -0.15) is 0 Å². The van der Waals surface area contributed by atoms with Crippen LogP contribution in [0.3, 0.4) is 0 Å². The highest BCUT2D eigenvalue weighted by Gasteiger charge is 2.16. The minimum Gasteiger partial charge on any atom is -0.497 e. The fourth-order valence-corrected chi connectivity index (χ4v) is 1.51. The number of aromatic nitrogens is 2. The van der Waals surface area contributed by atoms with E-state index in [1.54, 1.807) is 50.7 Å². The molecule has 2 aromatic rings. The zero-order valence-corrected chi connectivity index (χ0v) is 10.2. The predicted octanol–water partition coefficient (Wildman–Crippen LogP) is 2.00. The highest BCUT2D eigenvalue weighted by atomic mass is 16.5. The van der Waals surface area contributed by atoms with Crippen LogP contribution in [0.5, 0.6) is 11.5 Å². The van der Waals surface area contributed by atoms with E-state index in [1.807, 2.05) is 0 Å². The van der Waals surface area contributed by atoms with E-state index in [0.717, 1.165) is 5.75 Å². The molecule has 0 N–H and O–H groups in total. The number of carbonyl (C=O) groups is 1. The van der Waals surface area contributed by atoms with E-state index in [9.17, 15) is 4.79 Å². The van der Waals surface area contributed by atoms with Gasteiger partial charge in [-0.3, -0.25) is 9.36 Å². The highest BCUT2D eigenvalue weighted by molar-refractivity contribution is 5.83. The third-order valence-corrected chi connectivity index (χ3v) is 2.48. The molecule has 1 aromatic heterocycles. The van der Waals surface area contributed by atoms with Crippen LogP contribution in [-0.2, 0) is 0 Å². The molecule has 94 valence electrons. The van der Waals surface area contributed by atoms with Crippen LogP contribution < -0.4 is 9.47 Å². The Bertz CT molecular complexity index is 506. The lowest BCUT2D eigenvalue weighted by Gasteiger charge is -2.13. The molecule has 2 rings (SSSR count). The maximum Gasteiger partial charge on any atom is 0.272 e. The molecule has 0 spiro atoms. The maximum atomic E-state index is 11.9. The quantitative estimate of drug-likeness (QED) is 0.828. The molecule has 0 aliphatic carbocycles. The lowest BCUT2D eigenvalue weighted by molar-refractivity contribution is 0.0727. The van der Waals surface area contributed by atoms with Gasteiger partial charge in [0.25, 0.3) is 5.91 Å². The van der Waals surface area contributed by atoms with Crippen LogP contribution in [0.1, 0.15) is 11.7 Å². The number of ether oxygens (including phenoxy) is 2. The molecule has 0 amide bonds. The van der Waals surface area contributed by atoms with Crippen molar-refractivity contribution in [1.82, 2.24) is 9.55 Å². The van der Waals surface area contributed by atoms with Gasteiger partial charge in [0, 0.05) is 12.4 Å². The number of methoxy groups -OCH3 is 1. The number of hydrogen-bond donors (Lipinski definition) is 0. The summed E-state index contributed by atoms with van der Waals surface area (Å²) < 4.78 is 12.0. The van der Waals surface area contributed by atoms with Gasteiger partial charge in [0.05, 0.1) is 7.11 Å². The first-order chi connectivity index (χ1) is 8.70. The van der Waals surface area contributed by atoms with Crippen molar-refractivity contribution in [3.05, 3.63) is 43.0 Å². The van der Waals surface area contributed by atoms with E-state index in [2.05, 4.69) is 4.98 Å². The Morgan fingerprint density at radius 3 is 2.50 bits per heavy atom. The third-order valence-electron chi connectivity index (χ3n) is 2.48. The number of carbonyl (C=O) groups excluding carboxylic acids is 1. The monoisotopic (exact) mass is 246 g/mol. The molecule has 0 radical (unpaired) electrons. The van der Waals surface area contributed by atoms with Gasteiger partial charge in [-0.05, 0) is 31.2 Å². The normalized spacial score (nSPS) is 11.9. The van der Waals surface area contributed by atoms with Gasteiger partial charge in [0.15, 0.2) is 6.10 Å². The van der Waals surface area contributed by atoms with Crippen molar-refractivity contribution in [2.75, 3.05) is 7.11 Å². The van der Waals surface area contributed by atoms with Gasteiger partial charge < -0.3 is 9.47 Å². The Balaban J connectivity index is 2.02. The minimum absolute atomic E-state index is 0.164. The van der Waals surface area contributed by atoms with E-state index in [-0.39, 0.29) is 5.91 Å². The molecule has 0 aliphatic heterocycles. The summed E-state index contributed by atoms with van der Waals surface area (Å²) >= 11 is 0. The van der Waals surface area contributed by atoms with Crippen molar-refractivity contribution in [2.24, 2.45) is 0 Å². The Morgan fingerprint density at radius 2 is 1.94 bits per heavy atom. The molecule has 0 saturated heterocycles. The third kappa shape index (κ3) is 2.68. The molecule has 0 saturated carbocycles. The molecule has 5 nitrogen and oxygen atoms in total. The smallest absolute Gasteiger partial charge is 0.272 e. The van der Waals surface area contributed by atoms with Crippen molar-refractivity contribution < 1.29 is 14.3 Å². The van der Waals surface area contributed by atoms with E-state index in [4.69, 9.17) is 9.47 Å². The number of imidazole rings is 1. The molecule has 5 heteroatoms. The molecule has 0 aliphatic rings. The number of benzene rings is 1. The number of hydrogen-bond acceptors (Lipinski definition) is 4. The number of nitrogens with zero attached hydrogens (tertiary/aromatic N) is 2. The summed E-state index contributed by atoms with van der Waals surface area (Å²) in [6.07, 6.45) is 4.03. The largest absolute Gasteiger partial charge is 0.497 e. The molecular weight excluding hydrogens is 232 g/mol. The molecule has 18 heavy (non-hydrogen) atoms. The average Bonchev–Trinajstić information content (AvgIpc) is 2.92. The van der Waals surface area contributed by atoms with Crippen molar-refractivity contribution in [2.45, 2.75) is 13.0 Å². The Morgan fingerprint density at radius 1 is 1.28 bits per heavy atom. The van der Waals surface area contributed by atoms with Gasteiger partial charge in [-0.1, -0.05) is 0 Å². The molecule has 1 atom stereocenters. The van der Waals surface area contributed by atoms with Crippen molar-refractivity contribution >= 4 is 5.91 Å². The lowest BCUT2D eigenvalue weighted by Crippen LogP contribution is -2.28. The summed E-state index contributed by atoms with van der Waals surface area (Å²) in [5.74, 6) is 1.20. The average molecular weight is 246 g/mol. The van der Waals surface area contributed by atoms with Crippen molar-refractivity contribution in [3.8, 4) is 11.5 Å². The summed E-state index contributed by atoms with van der Waals surface area (Å²) in [7, 11) is 1.60. The fourth-order valence-electron chi connectivity index (χ4n) is 1.51. The van der Waals surface area contributed by atoms with Crippen molar-refractivity contribution in [3.63, 3.8) is 0 Å². The molecule has 1 aromatic carbocycles. The standard InChI is InChI=1S/C13H14N2O3/c1-10(13(16)15-8-7-14-9-15)18-12-5-3-11(17-2)4-6-12/h3-10H,1-2H3. The highest BCUT2D eigenvalue weighted by Crippen LogP contribution is 2.18. The van der Waals surface area contributed by atoms with Crippen LogP contribution in [0.4, 0.5) is 0 Å². The lowest BCUT2D eigenvalue weighted by atomic mass is 10.3. The first-order valence-corrected chi connectivity index (χ1v) is 5.53. The Hall–Kier alpha value is -2.30. The van der Waals surface area contributed by atoms with Crippen LogP contribution >= 0.6 is 0 Å². The molecule has 0 fully saturated rings. The fraction of sp³-hybridized carbons (Fsp3) is 0.231. The zero-order chi connectivity index (χ0) is 13.0. The molecule has 1 heterocycles. The predicted molar refractivity (Wildman–Crippen MR) is 65.9 cm³/mol. The van der Waals surface area contributed by atoms with Gasteiger partial charge in [0.2, 0.25) is 0 Å². The first kappa shape index (κ1) is 12.2. The second-order valence-corrected chi connectivity index (χ2v) is 3.74. The van der Waals surface area contributed by atoms with Crippen LogP contribution in [0, 0.1) is 0 Å². The summed E-state index contributed by atoms with van der Waals surface area (Å²) in [4.78, 5) is 15.7. The minimum atomic E-state index is -0.576. The summed E-state index contributed by atoms with van der Waals surface area (Å²) in [5.41, 5.74) is 0. The van der Waals surface area contributed by atoms with Crippen molar-refractivity contribution in [1.29, 1.82) is 0 Å². The second-order valence-electron chi connectivity index (χ2n) is 3.74. The van der Waals surface area contributed by atoms with Crippen LogP contribution in [-0.4, -0.2) is 28.7 Å². The van der Waals surface area contributed by atoms with Crippen LogP contribution in [0.25, 0.3) is 0 Å². The molecule has 0 bridgehead atoms. The first-order valence-electron chi connectivity index (χ1n) is 5.53. The number of rotatable bonds is 4. The van der Waals surface area contributed by atoms with E-state index in [1.165, 1.54) is 10.9 Å². The van der Waals surface area contributed by atoms with Crippen LogP contribution in [0.15, 0.2) is 43.0 Å². The van der Waals surface area contributed by atoms with Gasteiger partial charge in [0.1, 0.15) is 17.8 Å². The van der Waals surface area contributed by atoms with E-state index < -0.39 is 6.10 Å².